The highest BCUT2D eigenvalue weighted by atomic mass is 31.1. The summed E-state index contributed by atoms with van der Waals surface area (Å²) >= 11 is 0. The molecule has 5 aromatic rings. The summed E-state index contributed by atoms with van der Waals surface area (Å²) in [6.07, 6.45) is 2.29. The molecule has 0 unspecified atom stereocenters. The standard InChI is InChI=1S/C33H30P2/c1-6-16-28(17-7-1)29(26-34(30-18-8-2-9-19-30)31-20-10-3-11-21-31)27-35(32-22-12-4-13-23-32)33-24-14-5-15-25-33/h1-25,29H,26-27H2. The van der Waals surface area contributed by atoms with E-state index in [9.17, 15) is 0 Å². The Hall–Kier alpha value is -3.04. The van der Waals surface area contributed by atoms with Gasteiger partial charge >= 0.3 is 0 Å². The van der Waals surface area contributed by atoms with Gasteiger partial charge in [0.15, 0.2) is 0 Å². The Morgan fingerprint density at radius 3 is 0.886 bits per heavy atom. The van der Waals surface area contributed by atoms with Gasteiger partial charge in [-0.3, -0.25) is 0 Å². The minimum Gasteiger partial charge on any atom is -0.0622 e. The number of hydrogen-bond donors (Lipinski definition) is 0. The first-order chi connectivity index (χ1) is 17.4. The lowest BCUT2D eigenvalue weighted by molar-refractivity contribution is 0.888. The Kier molecular flexibility index (Phi) is 8.18. The van der Waals surface area contributed by atoms with Crippen LogP contribution in [0.3, 0.4) is 0 Å². The van der Waals surface area contributed by atoms with Crippen LogP contribution >= 0.6 is 15.8 Å². The van der Waals surface area contributed by atoms with Gasteiger partial charge < -0.3 is 0 Å². The van der Waals surface area contributed by atoms with Crippen LogP contribution in [0.15, 0.2) is 152 Å². The van der Waals surface area contributed by atoms with E-state index in [1.54, 1.807) is 0 Å². The van der Waals surface area contributed by atoms with Crippen LogP contribution < -0.4 is 21.2 Å². The first-order valence-electron chi connectivity index (χ1n) is 12.2. The van der Waals surface area contributed by atoms with Crippen molar-refractivity contribution in [2.45, 2.75) is 5.92 Å². The molecule has 172 valence electrons. The molecule has 0 atom stereocenters. The molecule has 0 radical (unpaired) electrons. The molecule has 0 aliphatic heterocycles. The lowest BCUT2D eigenvalue weighted by Crippen LogP contribution is -2.22. The SMILES string of the molecule is c1ccc(C(CP(c2ccccc2)c2ccccc2)CP(c2ccccc2)c2ccccc2)cc1. The maximum Gasteiger partial charge on any atom is -0.00713 e. The summed E-state index contributed by atoms with van der Waals surface area (Å²) in [4.78, 5) is 0. The summed E-state index contributed by atoms with van der Waals surface area (Å²) < 4.78 is 0. The third-order valence-electron chi connectivity index (χ3n) is 6.35. The van der Waals surface area contributed by atoms with Crippen LogP contribution in [0.2, 0.25) is 0 Å². The molecule has 0 saturated heterocycles. The molecule has 0 heterocycles. The topological polar surface area (TPSA) is 0 Å². The van der Waals surface area contributed by atoms with E-state index in [1.807, 2.05) is 0 Å². The van der Waals surface area contributed by atoms with E-state index in [2.05, 4.69) is 152 Å². The summed E-state index contributed by atoms with van der Waals surface area (Å²) in [5.74, 6) is 0.467. The molecule has 0 N–H and O–H groups in total. The Morgan fingerprint density at radius 1 is 0.343 bits per heavy atom. The lowest BCUT2D eigenvalue weighted by atomic mass is 10.0. The molecule has 0 aliphatic carbocycles. The molecule has 0 aromatic heterocycles. The molecule has 0 aliphatic rings. The third kappa shape index (κ3) is 6.15. The van der Waals surface area contributed by atoms with Gasteiger partial charge in [0.2, 0.25) is 0 Å². The summed E-state index contributed by atoms with van der Waals surface area (Å²) in [7, 11) is -0.944. The van der Waals surface area contributed by atoms with E-state index in [1.165, 1.54) is 26.8 Å². The third-order valence-corrected chi connectivity index (χ3v) is 11.6. The van der Waals surface area contributed by atoms with Gasteiger partial charge in [-0.25, -0.2) is 0 Å². The van der Waals surface area contributed by atoms with E-state index < -0.39 is 15.8 Å². The lowest BCUT2D eigenvalue weighted by Gasteiger charge is -2.29. The molecule has 0 nitrogen and oxygen atoms in total. The van der Waals surface area contributed by atoms with Gasteiger partial charge in [0.25, 0.3) is 0 Å². The molecule has 0 spiro atoms. The average molecular weight is 489 g/mol. The number of benzene rings is 5. The first kappa shape index (κ1) is 23.7. The van der Waals surface area contributed by atoms with E-state index in [0.717, 1.165) is 12.3 Å². The van der Waals surface area contributed by atoms with Gasteiger partial charge in [-0.05, 0) is 60.9 Å². The molecule has 0 saturated carbocycles. The van der Waals surface area contributed by atoms with Gasteiger partial charge in [0, 0.05) is 0 Å². The molecule has 0 bridgehead atoms. The first-order valence-corrected chi connectivity index (χ1v) is 15.2. The van der Waals surface area contributed by atoms with Crippen LogP contribution in [-0.2, 0) is 0 Å². The van der Waals surface area contributed by atoms with Gasteiger partial charge in [-0.1, -0.05) is 152 Å². The van der Waals surface area contributed by atoms with Gasteiger partial charge in [-0.2, -0.15) is 0 Å². The van der Waals surface area contributed by atoms with Crippen LogP contribution in [-0.4, -0.2) is 12.3 Å². The second-order valence-electron chi connectivity index (χ2n) is 8.67. The Labute approximate surface area is 212 Å². The zero-order valence-corrected chi connectivity index (χ0v) is 21.6. The van der Waals surface area contributed by atoms with E-state index in [4.69, 9.17) is 0 Å². The van der Waals surface area contributed by atoms with Crippen LogP contribution in [0.1, 0.15) is 11.5 Å². The van der Waals surface area contributed by atoms with Crippen molar-refractivity contribution in [2.24, 2.45) is 0 Å². The van der Waals surface area contributed by atoms with Gasteiger partial charge in [0.05, 0.1) is 0 Å². The molecular weight excluding hydrogens is 458 g/mol. The van der Waals surface area contributed by atoms with Gasteiger partial charge in [-0.15, -0.1) is 0 Å². The quantitative estimate of drug-likeness (QED) is 0.195. The molecule has 5 aromatic carbocycles. The number of rotatable bonds is 9. The van der Waals surface area contributed by atoms with Crippen molar-refractivity contribution in [3.8, 4) is 0 Å². The predicted molar refractivity (Wildman–Crippen MR) is 157 cm³/mol. The smallest absolute Gasteiger partial charge is 0.00713 e. The van der Waals surface area contributed by atoms with Crippen molar-refractivity contribution in [1.29, 1.82) is 0 Å². The average Bonchev–Trinajstić information content (AvgIpc) is 2.95. The highest BCUT2D eigenvalue weighted by Crippen LogP contribution is 2.45. The molecule has 35 heavy (non-hydrogen) atoms. The zero-order chi connectivity index (χ0) is 23.7. The maximum absolute atomic E-state index is 2.33. The Bertz CT molecular complexity index is 1110. The van der Waals surface area contributed by atoms with Crippen molar-refractivity contribution in [3.63, 3.8) is 0 Å². The van der Waals surface area contributed by atoms with Crippen molar-refractivity contribution in [2.75, 3.05) is 12.3 Å². The monoisotopic (exact) mass is 488 g/mol. The maximum atomic E-state index is 2.33. The minimum atomic E-state index is -0.472. The number of hydrogen-bond acceptors (Lipinski definition) is 0. The summed E-state index contributed by atoms with van der Waals surface area (Å²) in [5, 5.41) is 5.83. The minimum absolute atomic E-state index is 0.467. The summed E-state index contributed by atoms with van der Waals surface area (Å²) in [6, 6.07) is 55.7. The largest absolute Gasteiger partial charge is 0.0622 e. The second-order valence-corrected chi connectivity index (χ2v) is 13.2. The fraction of sp³-hybridized carbons (Fsp3) is 0.0909. The second kappa shape index (κ2) is 12.1. The Morgan fingerprint density at radius 2 is 0.600 bits per heavy atom. The molecule has 5 rings (SSSR count). The fourth-order valence-corrected chi connectivity index (χ4v) is 9.92. The molecular formula is C33H30P2. The Balaban J connectivity index is 1.55. The van der Waals surface area contributed by atoms with Crippen molar-refractivity contribution in [1.82, 2.24) is 0 Å². The predicted octanol–water partition coefficient (Wildman–Crippen LogP) is 7.04. The van der Waals surface area contributed by atoms with E-state index in [0.29, 0.717) is 5.92 Å². The van der Waals surface area contributed by atoms with Crippen LogP contribution in [0.4, 0.5) is 0 Å². The molecule has 2 heteroatoms. The van der Waals surface area contributed by atoms with Gasteiger partial charge in [0.1, 0.15) is 0 Å². The van der Waals surface area contributed by atoms with E-state index >= 15 is 0 Å². The van der Waals surface area contributed by atoms with Crippen LogP contribution in [0.25, 0.3) is 0 Å². The fourth-order valence-electron chi connectivity index (χ4n) is 4.59. The molecule has 0 fully saturated rings. The zero-order valence-electron chi connectivity index (χ0n) is 19.8. The van der Waals surface area contributed by atoms with Crippen molar-refractivity contribution >= 4 is 37.1 Å². The van der Waals surface area contributed by atoms with E-state index in [-0.39, 0.29) is 0 Å². The summed E-state index contributed by atoms with van der Waals surface area (Å²) in [5.41, 5.74) is 1.45. The van der Waals surface area contributed by atoms with Crippen LogP contribution in [0.5, 0.6) is 0 Å². The highest BCUT2D eigenvalue weighted by Gasteiger charge is 2.25. The van der Waals surface area contributed by atoms with Crippen LogP contribution in [0, 0.1) is 0 Å². The molecule has 0 amide bonds. The van der Waals surface area contributed by atoms with Crippen molar-refractivity contribution in [3.05, 3.63) is 157 Å². The normalized spacial score (nSPS) is 11.3. The van der Waals surface area contributed by atoms with Crippen molar-refractivity contribution < 1.29 is 0 Å². The highest BCUT2D eigenvalue weighted by molar-refractivity contribution is 7.74. The summed E-state index contributed by atoms with van der Waals surface area (Å²) in [6.45, 7) is 0.